The largest absolute Gasteiger partial charge is 0.508 e. The number of rotatable bonds is 3. The van der Waals surface area contributed by atoms with Crippen molar-refractivity contribution in [2.45, 2.75) is 19.9 Å². The summed E-state index contributed by atoms with van der Waals surface area (Å²) < 4.78 is 0.705. The smallest absolute Gasteiger partial charge is 0.252 e. The molecule has 0 spiro atoms. The topological polar surface area (TPSA) is 49.3 Å². The van der Waals surface area contributed by atoms with E-state index in [1.54, 1.807) is 19.1 Å². The maximum absolute atomic E-state index is 12.1. The summed E-state index contributed by atoms with van der Waals surface area (Å²) in [5, 5.41) is 12.3. The summed E-state index contributed by atoms with van der Waals surface area (Å²) in [6, 6.07) is 8.32. The Morgan fingerprint density at radius 1 is 1.37 bits per heavy atom. The molecule has 0 saturated carbocycles. The number of phenols is 1. The average Bonchev–Trinajstić information content (AvgIpc) is 2.75. The summed E-state index contributed by atoms with van der Waals surface area (Å²) in [5.74, 6) is 0.00154. The molecule has 19 heavy (non-hydrogen) atoms. The van der Waals surface area contributed by atoms with E-state index in [0.717, 1.165) is 10.4 Å². The second-order valence-electron chi connectivity index (χ2n) is 4.34. The van der Waals surface area contributed by atoms with Crippen LogP contribution >= 0.6 is 22.9 Å². The molecule has 1 heterocycles. The molecule has 0 radical (unpaired) electrons. The summed E-state index contributed by atoms with van der Waals surface area (Å²) >= 11 is 7.33. The van der Waals surface area contributed by atoms with Gasteiger partial charge in [-0.1, -0.05) is 11.6 Å². The highest BCUT2D eigenvalue weighted by Crippen LogP contribution is 2.27. The lowest BCUT2D eigenvalue weighted by molar-refractivity contribution is 0.0940. The molecule has 2 rings (SSSR count). The van der Waals surface area contributed by atoms with Gasteiger partial charge in [-0.05, 0) is 49.7 Å². The van der Waals surface area contributed by atoms with E-state index in [0.29, 0.717) is 9.90 Å². The van der Waals surface area contributed by atoms with Gasteiger partial charge in [0.1, 0.15) is 5.75 Å². The normalized spacial score (nSPS) is 12.2. The number of aromatic hydroxyl groups is 1. The molecule has 1 amide bonds. The molecule has 0 saturated heterocycles. The zero-order valence-electron chi connectivity index (χ0n) is 10.6. The molecule has 3 nitrogen and oxygen atoms in total. The molecule has 1 aromatic heterocycles. The minimum Gasteiger partial charge on any atom is -0.508 e. The molecule has 0 bridgehead atoms. The van der Waals surface area contributed by atoms with Gasteiger partial charge in [0.15, 0.2) is 0 Å². The quantitative estimate of drug-likeness (QED) is 0.902. The summed E-state index contributed by atoms with van der Waals surface area (Å²) in [6.07, 6.45) is 0. The lowest BCUT2D eigenvalue weighted by Gasteiger charge is -2.13. The van der Waals surface area contributed by atoms with Crippen LogP contribution in [-0.2, 0) is 0 Å². The van der Waals surface area contributed by atoms with Crippen molar-refractivity contribution in [2.24, 2.45) is 0 Å². The molecular weight excluding hydrogens is 282 g/mol. The Balaban J connectivity index is 2.12. The monoisotopic (exact) mass is 295 g/mol. The fourth-order valence-corrected chi connectivity index (χ4v) is 2.87. The van der Waals surface area contributed by atoms with Crippen molar-refractivity contribution in [2.75, 3.05) is 0 Å². The number of carbonyl (C=O) groups excluding carboxylic acids is 1. The number of amides is 1. The van der Waals surface area contributed by atoms with E-state index in [4.69, 9.17) is 11.6 Å². The third-order valence-corrected chi connectivity index (χ3v) is 4.24. The highest BCUT2D eigenvalue weighted by atomic mass is 35.5. The Hall–Kier alpha value is -1.52. The molecule has 1 unspecified atom stereocenters. The molecule has 2 aromatic rings. The highest BCUT2D eigenvalue weighted by Gasteiger charge is 2.14. The lowest BCUT2D eigenvalue weighted by Crippen LogP contribution is -2.26. The van der Waals surface area contributed by atoms with Crippen LogP contribution in [0, 0.1) is 6.92 Å². The first-order valence-electron chi connectivity index (χ1n) is 5.83. The molecule has 5 heteroatoms. The number of hydrogen-bond donors (Lipinski definition) is 2. The number of benzene rings is 1. The first-order chi connectivity index (χ1) is 8.97. The van der Waals surface area contributed by atoms with Gasteiger partial charge in [-0.25, -0.2) is 0 Å². The second kappa shape index (κ2) is 5.63. The van der Waals surface area contributed by atoms with Gasteiger partial charge in [-0.2, -0.15) is 0 Å². The van der Waals surface area contributed by atoms with E-state index in [2.05, 4.69) is 5.32 Å². The van der Waals surface area contributed by atoms with Crippen molar-refractivity contribution in [3.8, 4) is 5.75 Å². The first kappa shape index (κ1) is 13.9. The van der Waals surface area contributed by atoms with Gasteiger partial charge in [0.25, 0.3) is 5.91 Å². The van der Waals surface area contributed by atoms with E-state index in [1.165, 1.54) is 17.4 Å². The van der Waals surface area contributed by atoms with Crippen LogP contribution in [-0.4, -0.2) is 11.0 Å². The van der Waals surface area contributed by atoms with E-state index in [1.807, 2.05) is 19.1 Å². The predicted molar refractivity (Wildman–Crippen MR) is 78.1 cm³/mol. The zero-order valence-corrected chi connectivity index (χ0v) is 12.2. The summed E-state index contributed by atoms with van der Waals surface area (Å²) in [7, 11) is 0. The third kappa shape index (κ3) is 3.28. The minimum atomic E-state index is -0.158. The van der Waals surface area contributed by atoms with Gasteiger partial charge in [0.2, 0.25) is 0 Å². The van der Waals surface area contributed by atoms with Gasteiger partial charge >= 0.3 is 0 Å². The van der Waals surface area contributed by atoms with Crippen molar-refractivity contribution in [1.82, 2.24) is 5.32 Å². The number of phenolic OH excluding ortho intramolecular Hbond substituents is 1. The Kier molecular flexibility index (Phi) is 4.12. The van der Waals surface area contributed by atoms with Crippen LogP contribution in [0.5, 0.6) is 5.75 Å². The number of halogens is 1. The van der Waals surface area contributed by atoms with Crippen molar-refractivity contribution in [1.29, 1.82) is 0 Å². The van der Waals surface area contributed by atoms with Crippen molar-refractivity contribution in [3.63, 3.8) is 0 Å². The molecule has 0 fully saturated rings. The number of hydrogen-bond acceptors (Lipinski definition) is 3. The number of aryl methyl sites for hydroxylation is 1. The van der Waals surface area contributed by atoms with Crippen LogP contribution in [0.1, 0.15) is 33.8 Å². The molecule has 0 aliphatic heterocycles. The fourth-order valence-electron chi connectivity index (χ4n) is 1.81. The van der Waals surface area contributed by atoms with Gasteiger partial charge in [0, 0.05) is 10.4 Å². The lowest BCUT2D eigenvalue weighted by atomic mass is 10.1. The Labute approximate surface area is 120 Å². The minimum absolute atomic E-state index is 0.0989. The second-order valence-corrected chi connectivity index (χ2v) is 6.08. The first-order valence-corrected chi connectivity index (χ1v) is 7.02. The van der Waals surface area contributed by atoms with Gasteiger partial charge in [-0.15, -0.1) is 11.3 Å². The average molecular weight is 296 g/mol. The molecule has 0 aliphatic carbocycles. The van der Waals surface area contributed by atoms with E-state index >= 15 is 0 Å². The van der Waals surface area contributed by atoms with Crippen LogP contribution < -0.4 is 5.32 Å². The van der Waals surface area contributed by atoms with E-state index < -0.39 is 0 Å². The van der Waals surface area contributed by atoms with Crippen LogP contribution in [0.4, 0.5) is 0 Å². The summed E-state index contributed by atoms with van der Waals surface area (Å²) in [4.78, 5) is 13.2. The van der Waals surface area contributed by atoms with Crippen molar-refractivity contribution < 1.29 is 9.90 Å². The molecule has 100 valence electrons. The van der Waals surface area contributed by atoms with Gasteiger partial charge < -0.3 is 10.4 Å². The Morgan fingerprint density at radius 3 is 2.68 bits per heavy atom. The fraction of sp³-hybridized carbons (Fsp3) is 0.214. The summed E-state index contributed by atoms with van der Waals surface area (Å²) in [6.45, 7) is 3.71. The molecule has 0 aliphatic rings. The zero-order chi connectivity index (χ0) is 14.0. The SMILES string of the molecule is Cc1cc(O)ccc1C(=O)NC(C)c1ccc(Cl)s1. The molecular formula is C14H14ClNO2S. The number of thiophene rings is 1. The maximum Gasteiger partial charge on any atom is 0.252 e. The Morgan fingerprint density at radius 2 is 2.11 bits per heavy atom. The van der Waals surface area contributed by atoms with Gasteiger partial charge in [0.05, 0.1) is 10.4 Å². The number of carbonyl (C=O) groups is 1. The Bertz CT molecular complexity index is 609. The number of nitrogens with one attached hydrogen (secondary N) is 1. The van der Waals surface area contributed by atoms with Gasteiger partial charge in [-0.3, -0.25) is 4.79 Å². The van der Waals surface area contributed by atoms with Crippen molar-refractivity contribution in [3.05, 3.63) is 50.7 Å². The van der Waals surface area contributed by atoms with Crippen LogP contribution in [0.2, 0.25) is 4.34 Å². The third-order valence-electron chi connectivity index (χ3n) is 2.82. The van der Waals surface area contributed by atoms with Crippen LogP contribution in [0.25, 0.3) is 0 Å². The molecule has 1 aromatic carbocycles. The van der Waals surface area contributed by atoms with E-state index in [-0.39, 0.29) is 17.7 Å². The molecule has 2 N–H and O–H groups in total. The van der Waals surface area contributed by atoms with E-state index in [9.17, 15) is 9.90 Å². The highest BCUT2D eigenvalue weighted by molar-refractivity contribution is 7.16. The maximum atomic E-state index is 12.1. The summed E-state index contributed by atoms with van der Waals surface area (Å²) in [5.41, 5.74) is 1.31. The van der Waals surface area contributed by atoms with Crippen molar-refractivity contribution >= 4 is 28.8 Å². The molecule has 1 atom stereocenters. The standard InChI is InChI=1S/C14H14ClNO2S/c1-8-7-10(17)3-4-11(8)14(18)16-9(2)12-5-6-13(15)19-12/h3-7,9,17H,1-2H3,(H,16,18). The van der Waals surface area contributed by atoms with Crippen LogP contribution in [0.15, 0.2) is 30.3 Å². The van der Waals surface area contributed by atoms with Crippen LogP contribution in [0.3, 0.4) is 0 Å². The predicted octanol–water partition coefficient (Wildman–Crippen LogP) is 3.91.